The Morgan fingerprint density at radius 2 is 1.37 bits per heavy atom. The number of benzene rings is 5. The predicted octanol–water partition coefficient (Wildman–Crippen LogP) is 7.73. The fourth-order valence-electron chi connectivity index (χ4n) is 5.40. The molecule has 0 fully saturated rings. The number of aromatic nitrogens is 2. The molecule has 6 rings (SSSR count). The Hall–Kier alpha value is -4.70. The van der Waals surface area contributed by atoms with Gasteiger partial charge in [0.2, 0.25) is 0 Å². The molecule has 5 aromatic carbocycles. The molecule has 0 aliphatic heterocycles. The van der Waals surface area contributed by atoms with Gasteiger partial charge in [0.15, 0.2) is 0 Å². The molecule has 0 radical (unpaired) electrons. The second-order valence-corrected chi connectivity index (χ2v) is 10.0. The van der Waals surface area contributed by atoms with Crippen molar-refractivity contribution < 1.29 is 4.79 Å². The third-order valence-corrected chi connectivity index (χ3v) is 7.18. The molecule has 1 aromatic heterocycles. The lowest BCUT2D eigenvalue weighted by Crippen LogP contribution is -2.28. The molecule has 186 valence electrons. The van der Waals surface area contributed by atoms with Crippen LogP contribution in [-0.4, -0.2) is 27.4 Å². The first-order chi connectivity index (χ1) is 18.5. The average molecular weight is 496 g/mol. The van der Waals surface area contributed by atoms with E-state index in [0.717, 1.165) is 16.8 Å². The first kappa shape index (κ1) is 23.7. The van der Waals surface area contributed by atoms with Crippen LogP contribution in [0.1, 0.15) is 27.2 Å². The molecule has 0 spiro atoms. The van der Waals surface area contributed by atoms with Gasteiger partial charge < -0.3 is 4.90 Å². The Bertz CT molecular complexity index is 1720. The smallest absolute Gasteiger partial charge is 0.272 e. The topological polar surface area (TPSA) is 38.1 Å². The number of nitrogens with zero attached hydrogens (tertiary/aromatic N) is 3. The van der Waals surface area contributed by atoms with Gasteiger partial charge >= 0.3 is 0 Å². The molecule has 0 saturated heterocycles. The fraction of sp³-hybridized carbons (Fsp3) is 0.118. The maximum atomic E-state index is 13.7. The van der Waals surface area contributed by atoms with Crippen molar-refractivity contribution in [1.82, 2.24) is 14.5 Å². The van der Waals surface area contributed by atoms with E-state index in [1.54, 1.807) is 17.4 Å². The maximum Gasteiger partial charge on any atom is 0.272 e. The Morgan fingerprint density at radius 3 is 2.00 bits per heavy atom. The minimum absolute atomic E-state index is 0.0714. The average Bonchev–Trinajstić information content (AvgIpc) is 3.42. The lowest BCUT2D eigenvalue weighted by atomic mass is 9.96. The summed E-state index contributed by atoms with van der Waals surface area (Å²) in [5, 5.41) is 4.69. The number of amides is 1. The van der Waals surface area contributed by atoms with Gasteiger partial charge in [0.25, 0.3) is 5.91 Å². The quantitative estimate of drug-likeness (QED) is 0.230. The fourth-order valence-corrected chi connectivity index (χ4v) is 5.40. The van der Waals surface area contributed by atoms with Crippen LogP contribution in [0.15, 0.2) is 110 Å². The van der Waals surface area contributed by atoms with E-state index in [1.807, 2.05) is 23.7 Å². The molecule has 0 aliphatic rings. The van der Waals surface area contributed by atoms with Crippen LogP contribution in [0.2, 0.25) is 0 Å². The van der Waals surface area contributed by atoms with Crippen LogP contribution in [0.4, 0.5) is 0 Å². The van der Waals surface area contributed by atoms with E-state index in [9.17, 15) is 4.79 Å². The van der Waals surface area contributed by atoms with Gasteiger partial charge in [-0.05, 0) is 70.3 Å². The molecule has 0 atom stereocenters. The summed E-state index contributed by atoms with van der Waals surface area (Å²) in [6, 6.07) is 33.8. The van der Waals surface area contributed by atoms with Crippen LogP contribution in [0.5, 0.6) is 0 Å². The molecular weight excluding hydrogens is 466 g/mol. The lowest BCUT2D eigenvalue weighted by molar-refractivity contribution is 0.0778. The van der Waals surface area contributed by atoms with Gasteiger partial charge in [-0.25, -0.2) is 4.98 Å². The van der Waals surface area contributed by atoms with E-state index in [0.29, 0.717) is 12.2 Å². The van der Waals surface area contributed by atoms with Crippen molar-refractivity contribution in [1.29, 1.82) is 0 Å². The summed E-state index contributed by atoms with van der Waals surface area (Å²) in [7, 11) is 1.86. The minimum Gasteiger partial charge on any atom is -0.336 e. The van der Waals surface area contributed by atoms with E-state index in [1.165, 1.54) is 38.2 Å². The summed E-state index contributed by atoms with van der Waals surface area (Å²) >= 11 is 0. The summed E-state index contributed by atoms with van der Waals surface area (Å²) in [6.45, 7) is 4.73. The Kier molecular flexibility index (Phi) is 6.01. The van der Waals surface area contributed by atoms with Crippen molar-refractivity contribution in [3.05, 3.63) is 132 Å². The molecule has 6 aromatic rings. The van der Waals surface area contributed by atoms with Crippen molar-refractivity contribution in [2.24, 2.45) is 0 Å². The van der Waals surface area contributed by atoms with E-state index in [4.69, 9.17) is 0 Å². The summed E-state index contributed by atoms with van der Waals surface area (Å²) in [4.78, 5) is 19.8. The van der Waals surface area contributed by atoms with Crippen LogP contribution in [0.3, 0.4) is 0 Å². The van der Waals surface area contributed by atoms with E-state index < -0.39 is 0 Å². The zero-order chi connectivity index (χ0) is 26.2. The van der Waals surface area contributed by atoms with Crippen molar-refractivity contribution in [2.45, 2.75) is 20.4 Å². The first-order valence-corrected chi connectivity index (χ1v) is 12.8. The Balaban J connectivity index is 1.31. The van der Waals surface area contributed by atoms with Crippen molar-refractivity contribution in [2.75, 3.05) is 7.05 Å². The molecule has 0 bridgehead atoms. The number of hydrogen-bond acceptors (Lipinski definition) is 2. The second kappa shape index (κ2) is 9.64. The van der Waals surface area contributed by atoms with Crippen molar-refractivity contribution in [3.8, 4) is 16.8 Å². The van der Waals surface area contributed by atoms with Gasteiger partial charge in [0.05, 0.1) is 12.5 Å². The van der Waals surface area contributed by atoms with Gasteiger partial charge in [0.1, 0.15) is 5.69 Å². The third-order valence-electron chi connectivity index (χ3n) is 7.18. The molecule has 0 aliphatic carbocycles. The molecule has 0 unspecified atom stereocenters. The highest BCUT2D eigenvalue weighted by Crippen LogP contribution is 2.30. The molecular formula is C34H29N3O. The van der Waals surface area contributed by atoms with Crippen LogP contribution in [0, 0.1) is 13.8 Å². The van der Waals surface area contributed by atoms with Gasteiger partial charge in [-0.2, -0.15) is 0 Å². The molecule has 38 heavy (non-hydrogen) atoms. The highest BCUT2D eigenvalue weighted by molar-refractivity contribution is 6.02. The number of aryl methyl sites for hydroxylation is 2. The minimum atomic E-state index is -0.0714. The van der Waals surface area contributed by atoms with Gasteiger partial charge in [-0.15, -0.1) is 0 Å². The van der Waals surface area contributed by atoms with Crippen LogP contribution in [-0.2, 0) is 6.54 Å². The number of fused-ring (bicyclic) bond motifs is 2. The highest BCUT2D eigenvalue weighted by atomic mass is 16.2. The normalized spacial score (nSPS) is 11.2. The summed E-state index contributed by atoms with van der Waals surface area (Å²) in [6.07, 6.45) is 3.36. The lowest BCUT2D eigenvalue weighted by Gasteiger charge is -2.21. The zero-order valence-corrected chi connectivity index (χ0v) is 21.8. The van der Waals surface area contributed by atoms with E-state index >= 15 is 0 Å². The SMILES string of the molecule is Cc1cc(C)cc(-c2ccc(-n3cncc3C(=O)N(C)Cc3c4ccccc4cc4ccccc34)cc2)c1. The van der Waals surface area contributed by atoms with Crippen molar-refractivity contribution >= 4 is 27.5 Å². The maximum absolute atomic E-state index is 13.7. The number of imidazole rings is 1. The van der Waals surface area contributed by atoms with Gasteiger partial charge in [-0.3, -0.25) is 9.36 Å². The Labute approximate surface area is 222 Å². The second-order valence-electron chi connectivity index (χ2n) is 10.0. The monoisotopic (exact) mass is 495 g/mol. The van der Waals surface area contributed by atoms with Crippen LogP contribution < -0.4 is 0 Å². The summed E-state index contributed by atoms with van der Waals surface area (Å²) in [5.41, 5.74) is 7.42. The van der Waals surface area contributed by atoms with Crippen LogP contribution in [0.25, 0.3) is 38.4 Å². The predicted molar refractivity (Wildman–Crippen MR) is 156 cm³/mol. The number of carbonyl (C=O) groups is 1. The number of hydrogen-bond donors (Lipinski definition) is 0. The van der Waals surface area contributed by atoms with E-state index in [-0.39, 0.29) is 5.91 Å². The standard InChI is InChI=1S/C34H29N3O/c1-23-16-24(2)18-28(17-23)25-12-14-29(15-13-25)37-22-35-20-33(37)34(38)36(3)21-32-30-10-6-4-8-26(30)19-27-9-5-7-11-31(27)32/h4-20,22H,21H2,1-3H3. The number of carbonyl (C=O) groups excluding carboxylic acids is 1. The van der Waals surface area contributed by atoms with Gasteiger partial charge in [0, 0.05) is 19.3 Å². The summed E-state index contributed by atoms with van der Waals surface area (Å²) < 4.78 is 1.87. The Morgan fingerprint density at radius 1 is 0.763 bits per heavy atom. The first-order valence-electron chi connectivity index (χ1n) is 12.8. The summed E-state index contributed by atoms with van der Waals surface area (Å²) in [5.74, 6) is -0.0714. The van der Waals surface area contributed by atoms with Crippen molar-refractivity contribution in [3.63, 3.8) is 0 Å². The largest absolute Gasteiger partial charge is 0.336 e. The van der Waals surface area contributed by atoms with Crippen LogP contribution >= 0.6 is 0 Å². The molecule has 0 saturated carbocycles. The highest BCUT2D eigenvalue weighted by Gasteiger charge is 2.19. The molecule has 1 amide bonds. The molecule has 1 heterocycles. The zero-order valence-electron chi connectivity index (χ0n) is 21.8. The molecule has 4 nitrogen and oxygen atoms in total. The van der Waals surface area contributed by atoms with Gasteiger partial charge in [-0.1, -0.05) is 90.0 Å². The third kappa shape index (κ3) is 4.35. The number of rotatable bonds is 5. The molecule has 4 heteroatoms. The van der Waals surface area contributed by atoms with E-state index in [2.05, 4.69) is 104 Å². The molecule has 0 N–H and O–H groups in total.